The van der Waals surface area contributed by atoms with Crippen molar-refractivity contribution in [2.24, 2.45) is 0 Å². The van der Waals surface area contributed by atoms with Gasteiger partial charge in [0.25, 0.3) is 0 Å². The number of ether oxygens (including phenoxy) is 1. The Morgan fingerprint density at radius 1 is 0.913 bits per heavy atom. The molecule has 23 heavy (non-hydrogen) atoms. The predicted octanol–water partition coefficient (Wildman–Crippen LogP) is 5.30. The Balaban J connectivity index is 0.00000484. The predicted molar refractivity (Wildman–Crippen MR) is 96.5 cm³/mol. The van der Waals surface area contributed by atoms with Crippen LogP contribution in [-0.2, 0) is 0 Å². The molecule has 0 aliphatic carbocycles. The Bertz CT molecular complexity index is 421. The molecule has 1 radical (unpaired) electrons. The van der Waals surface area contributed by atoms with Crippen molar-refractivity contribution in [2.45, 2.75) is 71.1 Å². The maximum Gasteiger partial charge on any atom is 0.339 e. The second kappa shape index (κ2) is 15.0. The van der Waals surface area contributed by atoms with Crippen molar-refractivity contribution in [3.63, 3.8) is 0 Å². The molecule has 125 valence electrons. The fourth-order valence-corrected chi connectivity index (χ4v) is 2.54. The van der Waals surface area contributed by atoms with Crippen LogP contribution in [-0.4, -0.2) is 47.2 Å². The summed E-state index contributed by atoms with van der Waals surface area (Å²) in [5.41, 5.74) is 0.245. The summed E-state index contributed by atoms with van der Waals surface area (Å²) in [6.07, 6.45) is 12.8. The average molecular weight is 329 g/mol. The normalized spacial score (nSPS) is 10.1. The number of unbranched alkanes of at least 4 members (excludes halogenated alkanes) is 9. The molecule has 0 amide bonds. The number of benzene rings is 1. The third kappa shape index (κ3) is 10.8. The molecule has 0 aromatic heterocycles. The van der Waals surface area contributed by atoms with E-state index < -0.39 is 5.97 Å². The summed E-state index contributed by atoms with van der Waals surface area (Å²) in [6, 6.07) is 6.83. The first-order valence-electron chi connectivity index (χ1n) is 8.70. The Kier molecular flexibility index (Phi) is 14.7. The van der Waals surface area contributed by atoms with Gasteiger partial charge in [0.2, 0.25) is 0 Å². The zero-order valence-electron chi connectivity index (χ0n) is 14.9. The molecule has 3 nitrogen and oxygen atoms in total. The Labute approximate surface area is 163 Å². The molecule has 0 saturated heterocycles. The number of para-hydroxylation sites is 1. The van der Waals surface area contributed by atoms with Gasteiger partial charge in [-0.2, -0.15) is 0 Å². The van der Waals surface area contributed by atoms with Crippen molar-refractivity contribution in [1.29, 1.82) is 0 Å². The van der Waals surface area contributed by atoms with Gasteiger partial charge in [0.1, 0.15) is 11.3 Å². The third-order valence-corrected chi connectivity index (χ3v) is 3.87. The molecular formula is C19H30NaO3. The minimum Gasteiger partial charge on any atom is -0.493 e. The molecule has 0 unspecified atom stereocenters. The first kappa shape index (κ1) is 22.5. The van der Waals surface area contributed by atoms with E-state index in [1.165, 1.54) is 51.4 Å². The zero-order chi connectivity index (χ0) is 16.0. The molecular weight excluding hydrogens is 299 g/mol. The van der Waals surface area contributed by atoms with Crippen molar-refractivity contribution < 1.29 is 14.6 Å². The Morgan fingerprint density at radius 2 is 1.43 bits per heavy atom. The van der Waals surface area contributed by atoms with Crippen molar-refractivity contribution in [1.82, 2.24) is 0 Å². The van der Waals surface area contributed by atoms with E-state index in [1.54, 1.807) is 24.3 Å². The van der Waals surface area contributed by atoms with E-state index in [-0.39, 0.29) is 35.1 Å². The Morgan fingerprint density at radius 3 is 2.00 bits per heavy atom. The largest absolute Gasteiger partial charge is 0.493 e. The van der Waals surface area contributed by atoms with E-state index in [0.717, 1.165) is 12.8 Å². The number of carboxylic acid groups (broad SMARTS) is 1. The fraction of sp³-hybridized carbons (Fsp3) is 0.632. The summed E-state index contributed by atoms with van der Waals surface area (Å²) in [4.78, 5) is 11.0. The first-order chi connectivity index (χ1) is 10.8. The van der Waals surface area contributed by atoms with Crippen molar-refractivity contribution in [3.8, 4) is 5.75 Å². The molecule has 0 heterocycles. The maximum atomic E-state index is 11.0. The van der Waals surface area contributed by atoms with E-state index in [2.05, 4.69) is 6.92 Å². The van der Waals surface area contributed by atoms with Crippen LogP contribution in [0.2, 0.25) is 0 Å². The van der Waals surface area contributed by atoms with Crippen LogP contribution in [0.25, 0.3) is 0 Å². The van der Waals surface area contributed by atoms with Gasteiger partial charge in [-0.05, 0) is 18.6 Å². The van der Waals surface area contributed by atoms with E-state index in [9.17, 15) is 4.79 Å². The Hall–Kier alpha value is -0.510. The van der Waals surface area contributed by atoms with Crippen LogP contribution in [0.4, 0.5) is 0 Å². The van der Waals surface area contributed by atoms with Gasteiger partial charge >= 0.3 is 5.97 Å². The van der Waals surface area contributed by atoms with E-state index in [4.69, 9.17) is 9.84 Å². The summed E-state index contributed by atoms with van der Waals surface area (Å²) in [7, 11) is 0. The molecule has 4 heteroatoms. The summed E-state index contributed by atoms with van der Waals surface area (Å²) >= 11 is 0. The molecule has 1 aromatic carbocycles. The standard InChI is InChI=1S/C19H30O3.Na/c1-2-3-4-5-6-7-8-9-10-13-16-22-18-15-12-11-14-17(18)19(20)21;/h11-12,14-15H,2-10,13,16H2,1H3,(H,20,21);. The van der Waals surface area contributed by atoms with Crippen LogP contribution in [0.5, 0.6) is 5.75 Å². The van der Waals surface area contributed by atoms with Gasteiger partial charge < -0.3 is 9.84 Å². The van der Waals surface area contributed by atoms with Gasteiger partial charge in [-0.1, -0.05) is 76.8 Å². The molecule has 0 saturated carbocycles. The minimum absolute atomic E-state index is 0. The number of hydrogen-bond donors (Lipinski definition) is 1. The summed E-state index contributed by atoms with van der Waals surface area (Å²) in [6.45, 7) is 2.84. The summed E-state index contributed by atoms with van der Waals surface area (Å²) in [5.74, 6) is -0.454. The number of aromatic carboxylic acids is 1. The van der Waals surface area contributed by atoms with Crippen LogP contribution in [0.1, 0.15) is 81.5 Å². The van der Waals surface area contributed by atoms with E-state index >= 15 is 0 Å². The van der Waals surface area contributed by atoms with Crippen LogP contribution < -0.4 is 4.74 Å². The molecule has 0 fully saturated rings. The SMILES string of the molecule is CCCCCCCCCCCCOc1ccccc1C(=O)O.[Na]. The van der Waals surface area contributed by atoms with Crippen LogP contribution >= 0.6 is 0 Å². The number of rotatable bonds is 13. The number of carbonyl (C=O) groups is 1. The molecule has 0 bridgehead atoms. The fourth-order valence-electron chi connectivity index (χ4n) is 2.54. The third-order valence-electron chi connectivity index (χ3n) is 3.87. The van der Waals surface area contributed by atoms with Gasteiger partial charge in [-0.15, -0.1) is 0 Å². The quantitative estimate of drug-likeness (QED) is 0.394. The molecule has 0 aliphatic heterocycles. The molecule has 0 aliphatic rings. The number of carboxylic acids is 1. The first-order valence-corrected chi connectivity index (χ1v) is 8.70. The van der Waals surface area contributed by atoms with Crippen LogP contribution in [0, 0.1) is 0 Å². The molecule has 1 rings (SSSR count). The monoisotopic (exact) mass is 329 g/mol. The van der Waals surface area contributed by atoms with Gasteiger partial charge in [-0.25, -0.2) is 4.79 Å². The molecule has 0 spiro atoms. The van der Waals surface area contributed by atoms with Gasteiger partial charge in [-0.3, -0.25) is 0 Å². The van der Waals surface area contributed by atoms with E-state index in [1.807, 2.05) is 0 Å². The maximum absolute atomic E-state index is 11.0. The second-order valence-electron chi connectivity index (χ2n) is 5.83. The number of hydrogen-bond acceptors (Lipinski definition) is 2. The minimum atomic E-state index is -0.932. The van der Waals surface area contributed by atoms with Crippen molar-refractivity contribution >= 4 is 35.5 Å². The zero-order valence-corrected chi connectivity index (χ0v) is 16.9. The summed E-state index contributed by atoms with van der Waals surface area (Å²) < 4.78 is 5.59. The van der Waals surface area contributed by atoms with Crippen LogP contribution in [0.15, 0.2) is 24.3 Å². The smallest absolute Gasteiger partial charge is 0.339 e. The van der Waals surface area contributed by atoms with Crippen LogP contribution in [0.3, 0.4) is 0 Å². The average Bonchev–Trinajstić information content (AvgIpc) is 2.53. The van der Waals surface area contributed by atoms with Gasteiger partial charge in [0, 0.05) is 29.6 Å². The molecule has 1 aromatic rings. The second-order valence-corrected chi connectivity index (χ2v) is 5.83. The topological polar surface area (TPSA) is 46.5 Å². The van der Waals surface area contributed by atoms with Gasteiger partial charge in [0.05, 0.1) is 6.61 Å². The van der Waals surface area contributed by atoms with E-state index in [0.29, 0.717) is 12.4 Å². The van der Waals surface area contributed by atoms with Crippen molar-refractivity contribution in [3.05, 3.63) is 29.8 Å². The van der Waals surface area contributed by atoms with Crippen molar-refractivity contribution in [2.75, 3.05) is 6.61 Å². The van der Waals surface area contributed by atoms with Gasteiger partial charge in [0.15, 0.2) is 0 Å². The molecule has 0 atom stereocenters. The molecule has 1 N–H and O–H groups in total. The summed E-state index contributed by atoms with van der Waals surface area (Å²) in [5, 5.41) is 9.06.